The molecule has 0 saturated heterocycles. The molecule has 1 aliphatic heterocycles. The zero-order valence-corrected chi connectivity index (χ0v) is 21.0. The molecule has 6 heteroatoms. The predicted molar refractivity (Wildman–Crippen MR) is 143 cm³/mol. The van der Waals surface area contributed by atoms with Crippen LogP contribution in [0.15, 0.2) is 66.7 Å². The van der Waals surface area contributed by atoms with E-state index in [0.29, 0.717) is 17.4 Å². The Hall–Kier alpha value is -3.35. The Labute approximate surface area is 208 Å². The highest BCUT2D eigenvalue weighted by molar-refractivity contribution is 5.96. The van der Waals surface area contributed by atoms with Crippen LogP contribution < -0.4 is 16.1 Å². The van der Waals surface area contributed by atoms with Crippen molar-refractivity contribution < 1.29 is 10.0 Å². The van der Waals surface area contributed by atoms with Gasteiger partial charge in [-0.15, -0.1) is 0 Å². The summed E-state index contributed by atoms with van der Waals surface area (Å²) in [6, 6.07) is 22.7. The molecule has 1 heterocycles. The van der Waals surface area contributed by atoms with Gasteiger partial charge in [0.15, 0.2) is 0 Å². The number of anilines is 2. The molecule has 4 rings (SSSR count). The van der Waals surface area contributed by atoms with Gasteiger partial charge in [-0.2, -0.15) is 0 Å². The number of nitrogens with zero attached hydrogens (tertiary/aromatic N) is 1. The Morgan fingerprint density at radius 2 is 1.57 bits per heavy atom. The topological polar surface area (TPSA) is 76.6 Å². The van der Waals surface area contributed by atoms with Crippen LogP contribution in [0.1, 0.15) is 55.3 Å². The van der Waals surface area contributed by atoms with Crippen LogP contribution in [0.3, 0.4) is 0 Å². The van der Waals surface area contributed by atoms with E-state index in [2.05, 4.69) is 91.8 Å². The molecular weight excluding hydrogens is 436 g/mol. The summed E-state index contributed by atoms with van der Waals surface area (Å²) in [7, 11) is 0. The number of carbonyl (C=O) groups is 1. The first kappa shape index (κ1) is 24.8. The van der Waals surface area contributed by atoms with Crippen molar-refractivity contribution in [2.75, 3.05) is 23.7 Å². The number of rotatable bonds is 9. The highest BCUT2D eigenvalue weighted by atomic mass is 16.5. The van der Waals surface area contributed by atoms with Gasteiger partial charge in [0.1, 0.15) is 6.17 Å². The molecule has 0 aliphatic carbocycles. The van der Waals surface area contributed by atoms with Crippen molar-refractivity contribution in [3.8, 4) is 11.1 Å². The van der Waals surface area contributed by atoms with Crippen molar-refractivity contribution in [2.24, 2.45) is 11.8 Å². The lowest BCUT2D eigenvalue weighted by atomic mass is 10.0. The molecule has 1 unspecified atom stereocenters. The molecule has 184 valence electrons. The van der Waals surface area contributed by atoms with Gasteiger partial charge in [-0.05, 0) is 58.4 Å². The Kier molecular flexibility index (Phi) is 7.73. The highest BCUT2D eigenvalue weighted by Gasteiger charge is 2.22. The van der Waals surface area contributed by atoms with Crippen molar-refractivity contribution in [1.29, 1.82) is 0 Å². The first-order valence-corrected chi connectivity index (χ1v) is 12.4. The summed E-state index contributed by atoms with van der Waals surface area (Å²) in [5.41, 5.74) is 8.69. The third kappa shape index (κ3) is 6.21. The van der Waals surface area contributed by atoms with E-state index in [0.717, 1.165) is 36.6 Å². The predicted octanol–water partition coefficient (Wildman–Crippen LogP) is 6.12. The number of hydrogen-bond donors (Lipinski definition) is 4. The van der Waals surface area contributed by atoms with Gasteiger partial charge in [-0.1, -0.05) is 70.2 Å². The number of carbonyl (C=O) groups excluding carboxylic acids is 1. The zero-order valence-electron chi connectivity index (χ0n) is 21.0. The van der Waals surface area contributed by atoms with E-state index in [1.807, 2.05) is 6.07 Å². The Morgan fingerprint density at radius 3 is 2.23 bits per heavy atom. The SMILES string of the molecule is CC(C)CN(Cc1cccc(-c2ccc(C3Nc4ccc(C(=O)NO)cc4N3)cc2)c1)CC(C)C. The minimum atomic E-state index is -0.527. The number of hydrogen-bond acceptors (Lipinski definition) is 5. The molecule has 0 bridgehead atoms. The summed E-state index contributed by atoms with van der Waals surface area (Å²) >= 11 is 0. The summed E-state index contributed by atoms with van der Waals surface area (Å²) in [6.07, 6.45) is -0.0848. The van der Waals surface area contributed by atoms with Crippen LogP contribution in [0.2, 0.25) is 0 Å². The van der Waals surface area contributed by atoms with Crippen LogP contribution in [0.5, 0.6) is 0 Å². The van der Waals surface area contributed by atoms with E-state index < -0.39 is 5.91 Å². The van der Waals surface area contributed by atoms with Crippen molar-refractivity contribution in [1.82, 2.24) is 10.4 Å². The molecule has 4 N–H and O–H groups in total. The average Bonchev–Trinajstić information content (AvgIpc) is 3.26. The number of fused-ring (bicyclic) bond motifs is 1. The van der Waals surface area contributed by atoms with E-state index in [1.165, 1.54) is 16.7 Å². The molecule has 1 amide bonds. The lowest BCUT2D eigenvalue weighted by Gasteiger charge is -2.26. The van der Waals surface area contributed by atoms with Crippen molar-refractivity contribution in [3.05, 3.63) is 83.4 Å². The average molecular weight is 473 g/mol. The van der Waals surface area contributed by atoms with Crippen molar-refractivity contribution >= 4 is 17.3 Å². The largest absolute Gasteiger partial charge is 0.360 e. The third-order valence-corrected chi connectivity index (χ3v) is 6.14. The maximum atomic E-state index is 11.7. The van der Waals surface area contributed by atoms with Crippen LogP contribution in [0.25, 0.3) is 11.1 Å². The van der Waals surface area contributed by atoms with Gasteiger partial charge < -0.3 is 10.6 Å². The summed E-state index contributed by atoms with van der Waals surface area (Å²) in [5.74, 6) is 0.764. The molecule has 0 fully saturated rings. The van der Waals surface area contributed by atoms with Crippen LogP contribution >= 0.6 is 0 Å². The Morgan fingerprint density at radius 1 is 0.886 bits per heavy atom. The molecular formula is C29H36N4O2. The minimum Gasteiger partial charge on any atom is -0.360 e. The first-order valence-electron chi connectivity index (χ1n) is 12.4. The highest BCUT2D eigenvalue weighted by Crippen LogP contribution is 2.36. The lowest BCUT2D eigenvalue weighted by Crippen LogP contribution is -2.30. The fourth-order valence-electron chi connectivity index (χ4n) is 4.72. The Balaban J connectivity index is 1.46. The van der Waals surface area contributed by atoms with Gasteiger partial charge in [0.2, 0.25) is 0 Å². The van der Waals surface area contributed by atoms with Crippen molar-refractivity contribution in [2.45, 2.75) is 40.4 Å². The number of nitrogens with one attached hydrogen (secondary N) is 3. The van der Waals surface area contributed by atoms with Gasteiger partial charge in [-0.3, -0.25) is 14.9 Å². The zero-order chi connectivity index (χ0) is 24.9. The van der Waals surface area contributed by atoms with E-state index in [9.17, 15) is 4.79 Å². The normalized spacial score (nSPS) is 14.7. The first-order chi connectivity index (χ1) is 16.8. The summed E-state index contributed by atoms with van der Waals surface area (Å²) in [4.78, 5) is 14.3. The maximum Gasteiger partial charge on any atom is 0.274 e. The molecule has 3 aromatic rings. The van der Waals surface area contributed by atoms with E-state index in [4.69, 9.17) is 5.21 Å². The van der Waals surface area contributed by atoms with Crippen molar-refractivity contribution in [3.63, 3.8) is 0 Å². The number of hydroxylamine groups is 1. The molecule has 3 aromatic carbocycles. The second-order valence-electron chi connectivity index (χ2n) is 10.2. The molecule has 0 aromatic heterocycles. The van der Waals surface area contributed by atoms with E-state index in [1.54, 1.807) is 17.6 Å². The lowest BCUT2D eigenvalue weighted by molar-refractivity contribution is 0.0706. The van der Waals surface area contributed by atoms with Gasteiger partial charge in [0, 0.05) is 25.2 Å². The van der Waals surface area contributed by atoms with Crippen LogP contribution in [-0.4, -0.2) is 29.1 Å². The molecule has 35 heavy (non-hydrogen) atoms. The second kappa shape index (κ2) is 10.9. The fourth-order valence-corrected chi connectivity index (χ4v) is 4.72. The van der Waals surface area contributed by atoms with Gasteiger partial charge >= 0.3 is 0 Å². The van der Waals surface area contributed by atoms with Gasteiger partial charge in [-0.25, -0.2) is 5.48 Å². The number of benzene rings is 3. The fraction of sp³-hybridized carbons (Fsp3) is 0.345. The molecule has 6 nitrogen and oxygen atoms in total. The second-order valence-corrected chi connectivity index (χ2v) is 10.2. The summed E-state index contributed by atoms with van der Waals surface area (Å²) in [6.45, 7) is 12.3. The summed E-state index contributed by atoms with van der Waals surface area (Å²) < 4.78 is 0. The molecule has 0 saturated carbocycles. The smallest absolute Gasteiger partial charge is 0.274 e. The monoisotopic (exact) mass is 472 g/mol. The standard InChI is InChI=1S/C29H36N4O2/c1-19(2)16-33(17-20(3)4)18-21-6-5-7-24(14-21)22-8-10-23(11-9-22)28-30-26-13-12-25(29(34)32-35)15-27(26)31-28/h5-15,19-20,28,30-31,35H,16-18H2,1-4H3,(H,32,34). The molecule has 1 atom stereocenters. The maximum absolute atomic E-state index is 11.7. The number of amides is 1. The quantitative estimate of drug-likeness (QED) is 0.223. The summed E-state index contributed by atoms with van der Waals surface area (Å²) in [5, 5.41) is 15.7. The van der Waals surface area contributed by atoms with Gasteiger partial charge in [0.05, 0.1) is 11.4 Å². The van der Waals surface area contributed by atoms with Crippen LogP contribution in [0.4, 0.5) is 11.4 Å². The van der Waals surface area contributed by atoms with Gasteiger partial charge in [0.25, 0.3) is 5.91 Å². The molecule has 0 spiro atoms. The molecule has 1 aliphatic rings. The van der Waals surface area contributed by atoms with E-state index >= 15 is 0 Å². The third-order valence-electron chi connectivity index (χ3n) is 6.14. The minimum absolute atomic E-state index is 0.0848. The Bertz CT molecular complexity index is 1150. The van der Waals surface area contributed by atoms with E-state index in [-0.39, 0.29) is 6.17 Å². The molecule has 0 radical (unpaired) electrons. The van der Waals surface area contributed by atoms with Crippen LogP contribution in [-0.2, 0) is 6.54 Å². The van der Waals surface area contributed by atoms with Crippen LogP contribution in [0, 0.1) is 11.8 Å².